The molecule has 160 valence electrons. The molecule has 4 N–H and O–H groups in total. The van der Waals surface area contributed by atoms with Crippen LogP contribution in [0, 0.1) is 11.6 Å². The van der Waals surface area contributed by atoms with E-state index in [1.165, 1.54) is 24.3 Å². The lowest BCUT2D eigenvalue weighted by Gasteiger charge is -2.11. The Labute approximate surface area is 178 Å². The highest BCUT2D eigenvalue weighted by atomic mass is 35.5. The molecule has 0 spiro atoms. The van der Waals surface area contributed by atoms with Crippen molar-refractivity contribution >= 4 is 41.6 Å². The normalized spacial score (nSPS) is 10.2. The Balaban J connectivity index is 0.00000320. The number of halogens is 3. The molecule has 1 heterocycles. The van der Waals surface area contributed by atoms with Crippen molar-refractivity contribution in [2.75, 3.05) is 42.3 Å². The van der Waals surface area contributed by atoms with Gasteiger partial charge in [-0.15, -0.1) is 12.4 Å². The second-order valence-corrected chi connectivity index (χ2v) is 5.83. The Morgan fingerprint density at radius 1 is 0.733 bits per heavy atom. The molecule has 0 amide bonds. The molecule has 0 radical (unpaired) electrons. The van der Waals surface area contributed by atoms with Crippen LogP contribution in [0.5, 0.6) is 0 Å². The standard InChI is InChI=1S/C19H20F2N6O2.ClH/c20-13-1-5-15(6-2-13)23-18-25-17(22-9-11-29-12-10-28)26-19(27-18)24-16-7-3-14(21)4-8-16;/h1-8,28H,9-12H2,(H3,22,23,24,25,26,27);1H. The molecule has 0 bridgehead atoms. The van der Waals surface area contributed by atoms with Gasteiger partial charge in [-0.2, -0.15) is 15.0 Å². The number of nitrogens with one attached hydrogen (secondary N) is 3. The molecule has 3 aromatic rings. The van der Waals surface area contributed by atoms with Gasteiger partial charge in [0.2, 0.25) is 17.8 Å². The molecule has 8 nitrogen and oxygen atoms in total. The van der Waals surface area contributed by atoms with E-state index in [4.69, 9.17) is 9.84 Å². The maximum atomic E-state index is 13.1. The van der Waals surface area contributed by atoms with Gasteiger partial charge in [-0.25, -0.2) is 8.78 Å². The van der Waals surface area contributed by atoms with Crippen molar-refractivity contribution in [3.8, 4) is 0 Å². The van der Waals surface area contributed by atoms with Crippen molar-refractivity contribution < 1.29 is 18.6 Å². The van der Waals surface area contributed by atoms with Gasteiger partial charge >= 0.3 is 0 Å². The van der Waals surface area contributed by atoms with E-state index < -0.39 is 0 Å². The average Bonchev–Trinajstić information content (AvgIpc) is 2.71. The van der Waals surface area contributed by atoms with Crippen molar-refractivity contribution in [1.29, 1.82) is 0 Å². The van der Waals surface area contributed by atoms with E-state index in [2.05, 4.69) is 30.9 Å². The third kappa shape index (κ3) is 7.39. The molecule has 2 aromatic carbocycles. The Morgan fingerprint density at radius 2 is 1.20 bits per heavy atom. The minimum Gasteiger partial charge on any atom is -0.394 e. The SMILES string of the molecule is Cl.OCCOCCNc1nc(Nc2ccc(F)cc2)nc(Nc2ccc(F)cc2)n1. The third-order valence-electron chi connectivity index (χ3n) is 3.60. The summed E-state index contributed by atoms with van der Waals surface area (Å²) in [4.78, 5) is 12.9. The third-order valence-corrected chi connectivity index (χ3v) is 3.60. The number of aliphatic hydroxyl groups is 1. The monoisotopic (exact) mass is 438 g/mol. The molecular weight excluding hydrogens is 418 g/mol. The molecule has 3 rings (SSSR count). The van der Waals surface area contributed by atoms with Crippen molar-refractivity contribution in [2.24, 2.45) is 0 Å². The smallest absolute Gasteiger partial charge is 0.233 e. The number of rotatable bonds is 10. The van der Waals surface area contributed by atoms with Crippen LogP contribution in [0.2, 0.25) is 0 Å². The van der Waals surface area contributed by atoms with E-state index in [1.54, 1.807) is 24.3 Å². The summed E-state index contributed by atoms with van der Waals surface area (Å²) < 4.78 is 31.4. The van der Waals surface area contributed by atoms with Crippen LogP contribution in [0.3, 0.4) is 0 Å². The van der Waals surface area contributed by atoms with Crippen LogP contribution in [-0.4, -0.2) is 46.4 Å². The lowest BCUT2D eigenvalue weighted by atomic mass is 10.3. The predicted molar refractivity (Wildman–Crippen MR) is 113 cm³/mol. The number of hydrogen-bond donors (Lipinski definition) is 4. The van der Waals surface area contributed by atoms with E-state index in [1.807, 2.05) is 0 Å². The fourth-order valence-corrected chi connectivity index (χ4v) is 2.29. The zero-order valence-corrected chi connectivity index (χ0v) is 16.6. The van der Waals surface area contributed by atoms with Gasteiger partial charge in [0.05, 0.1) is 19.8 Å². The Morgan fingerprint density at radius 3 is 1.67 bits per heavy atom. The van der Waals surface area contributed by atoms with Crippen LogP contribution in [0.4, 0.5) is 38.0 Å². The number of aliphatic hydroxyl groups excluding tert-OH is 1. The highest BCUT2D eigenvalue weighted by Crippen LogP contribution is 2.19. The van der Waals surface area contributed by atoms with Crippen molar-refractivity contribution in [1.82, 2.24) is 15.0 Å². The maximum absolute atomic E-state index is 13.1. The molecule has 0 saturated heterocycles. The zero-order chi connectivity index (χ0) is 20.5. The number of nitrogens with zero attached hydrogens (tertiary/aromatic N) is 3. The molecule has 0 aliphatic carbocycles. The fraction of sp³-hybridized carbons (Fsp3) is 0.211. The number of anilines is 5. The first-order valence-corrected chi connectivity index (χ1v) is 8.86. The van der Waals surface area contributed by atoms with E-state index in [0.717, 1.165) is 0 Å². The summed E-state index contributed by atoms with van der Waals surface area (Å²) in [5.74, 6) is 0.0389. The highest BCUT2D eigenvalue weighted by Gasteiger charge is 2.08. The first-order valence-electron chi connectivity index (χ1n) is 8.86. The van der Waals surface area contributed by atoms with Crippen molar-refractivity contribution in [3.05, 3.63) is 60.2 Å². The molecule has 0 aliphatic rings. The largest absolute Gasteiger partial charge is 0.394 e. The molecule has 0 atom stereocenters. The Hall–Kier alpha value is -3.08. The number of hydrogen-bond acceptors (Lipinski definition) is 8. The van der Waals surface area contributed by atoms with Crippen LogP contribution >= 0.6 is 12.4 Å². The van der Waals surface area contributed by atoms with Crippen molar-refractivity contribution in [3.63, 3.8) is 0 Å². The number of aromatic nitrogens is 3. The van der Waals surface area contributed by atoms with Gasteiger partial charge in [-0.1, -0.05) is 0 Å². The summed E-state index contributed by atoms with van der Waals surface area (Å²) in [7, 11) is 0. The number of benzene rings is 2. The predicted octanol–water partition coefficient (Wildman–Crippen LogP) is 3.48. The topological polar surface area (TPSA) is 104 Å². The summed E-state index contributed by atoms with van der Waals surface area (Å²) in [6.45, 7) is 0.959. The van der Waals surface area contributed by atoms with Gasteiger partial charge < -0.3 is 25.8 Å². The zero-order valence-electron chi connectivity index (χ0n) is 15.8. The van der Waals surface area contributed by atoms with Gasteiger partial charge in [-0.3, -0.25) is 0 Å². The molecular formula is C19H21ClF2N6O2. The number of ether oxygens (including phenoxy) is 1. The molecule has 0 fully saturated rings. The molecule has 11 heteroatoms. The Bertz CT molecular complexity index is 850. The second kappa shape index (κ2) is 11.8. The first kappa shape index (κ1) is 23.2. The molecule has 30 heavy (non-hydrogen) atoms. The van der Waals surface area contributed by atoms with E-state index in [9.17, 15) is 8.78 Å². The van der Waals surface area contributed by atoms with E-state index in [-0.39, 0.29) is 55.1 Å². The van der Waals surface area contributed by atoms with Crippen LogP contribution in [0.1, 0.15) is 0 Å². The molecule has 0 unspecified atom stereocenters. The molecule has 0 aliphatic heterocycles. The first-order chi connectivity index (χ1) is 14.1. The van der Waals surface area contributed by atoms with E-state index >= 15 is 0 Å². The minimum atomic E-state index is -0.352. The highest BCUT2D eigenvalue weighted by molar-refractivity contribution is 5.85. The van der Waals surface area contributed by atoms with Crippen LogP contribution in [0.15, 0.2) is 48.5 Å². The fourth-order valence-electron chi connectivity index (χ4n) is 2.29. The Kier molecular flexibility index (Phi) is 9.13. The summed E-state index contributed by atoms with van der Waals surface area (Å²) in [5.41, 5.74) is 1.20. The van der Waals surface area contributed by atoms with Gasteiger partial charge in [0, 0.05) is 17.9 Å². The quantitative estimate of drug-likeness (QED) is 0.357. The second-order valence-electron chi connectivity index (χ2n) is 5.83. The van der Waals surface area contributed by atoms with Gasteiger partial charge in [0.1, 0.15) is 11.6 Å². The van der Waals surface area contributed by atoms with Crippen LogP contribution < -0.4 is 16.0 Å². The lowest BCUT2D eigenvalue weighted by Crippen LogP contribution is -2.15. The minimum absolute atomic E-state index is 0. The van der Waals surface area contributed by atoms with Crippen LogP contribution in [-0.2, 0) is 4.74 Å². The van der Waals surface area contributed by atoms with E-state index in [0.29, 0.717) is 24.5 Å². The summed E-state index contributed by atoms with van der Waals surface area (Å²) in [6.07, 6.45) is 0. The van der Waals surface area contributed by atoms with Gasteiger partial charge in [0.15, 0.2) is 0 Å². The summed E-state index contributed by atoms with van der Waals surface area (Å²) in [5, 5.41) is 17.7. The van der Waals surface area contributed by atoms with Crippen molar-refractivity contribution in [2.45, 2.75) is 0 Å². The maximum Gasteiger partial charge on any atom is 0.233 e. The van der Waals surface area contributed by atoms with Gasteiger partial charge in [0.25, 0.3) is 0 Å². The molecule has 0 saturated carbocycles. The van der Waals surface area contributed by atoms with Gasteiger partial charge in [-0.05, 0) is 48.5 Å². The summed E-state index contributed by atoms with van der Waals surface area (Å²) in [6, 6.07) is 11.5. The summed E-state index contributed by atoms with van der Waals surface area (Å²) >= 11 is 0. The lowest BCUT2D eigenvalue weighted by molar-refractivity contribution is 0.0991. The van der Waals surface area contributed by atoms with Crippen LogP contribution in [0.25, 0.3) is 0 Å². The average molecular weight is 439 g/mol. The molecule has 1 aromatic heterocycles.